The number of hydrogen-bond donors (Lipinski definition) is 1. The highest BCUT2D eigenvalue weighted by atomic mass is 16.6. The average molecular weight is 394 g/mol. The molecular formula is C22H26N4O3. The average Bonchev–Trinajstić information content (AvgIpc) is 3.54. The van der Waals surface area contributed by atoms with Gasteiger partial charge in [0, 0.05) is 49.6 Å². The largest absolute Gasteiger partial charge is 0.371 e. The fraction of sp³-hybridized carbons (Fsp3) is 0.455. The lowest BCUT2D eigenvalue weighted by Gasteiger charge is -2.33. The van der Waals surface area contributed by atoms with E-state index in [2.05, 4.69) is 22.1 Å². The quantitative estimate of drug-likeness (QED) is 0.596. The van der Waals surface area contributed by atoms with Crippen LogP contribution in [0.2, 0.25) is 0 Å². The van der Waals surface area contributed by atoms with Crippen LogP contribution in [0, 0.1) is 16.0 Å². The predicted octanol–water partition coefficient (Wildman–Crippen LogP) is 3.69. The van der Waals surface area contributed by atoms with Crippen LogP contribution in [0.3, 0.4) is 0 Å². The Bertz CT molecular complexity index is 904. The molecule has 1 saturated heterocycles. The number of benzene rings is 1. The second-order valence-corrected chi connectivity index (χ2v) is 8.33. The van der Waals surface area contributed by atoms with Crippen LogP contribution in [0.5, 0.6) is 0 Å². The van der Waals surface area contributed by atoms with Crippen molar-refractivity contribution in [3.8, 4) is 0 Å². The zero-order valence-corrected chi connectivity index (χ0v) is 16.6. The first-order valence-corrected chi connectivity index (χ1v) is 10.2. The van der Waals surface area contributed by atoms with Crippen molar-refractivity contribution in [3.63, 3.8) is 0 Å². The molecule has 2 aliphatic rings. The van der Waals surface area contributed by atoms with Crippen molar-refractivity contribution in [2.24, 2.45) is 5.92 Å². The Kier molecular flexibility index (Phi) is 5.22. The summed E-state index contributed by atoms with van der Waals surface area (Å²) in [5, 5.41) is 14.3. The molecule has 1 saturated carbocycles. The zero-order valence-electron chi connectivity index (χ0n) is 16.6. The third-order valence-electron chi connectivity index (χ3n) is 6.29. The van der Waals surface area contributed by atoms with E-state index in [0.29, 0.717) is 18.0 Å². The van der Waals surface area contributed by atoms with Crippen LogP contribution < -0.4 is 10.2 Å². The van der Waals surface area contributed by atoms with Crippen LogP contribution in [0.4, 0.5) is 11.4 Å². The fourth-order valence-electron chi connectivity index (χ4n) is 4.11. The van der Waals surface area contributed by atoms with Crippen molar-refractivity contribution in [1.29, 1.82) is 0 Å². The van der Waals surface area contributed by atoms with Crippen molar-refractivity contribution in [2.75, 3.05) is 24.5 Å². The SMILES string of the molecule is CC1CCN(c2ccc([N+](=O)[O-])cc2C(=O)NCC2(c3ccncc3)CC2)CC1. The summed E-state index contributed by atoms with van der Waals surface area (Å²) < 4.78 is 0. The molecule has 29 heavy (non-hydrogen) atoms. The first kappa shape index (κ1) is 19.4. The maximum Gasteiger partial charge on any atom is 0.270 e. The van der Waals surface area contributed by atoms with E-state index in [9.17, 15) is 14.9 Å². The number of pyridine rings is 1. The number of hydrogen-bond acceptors (Lipinski definition) is 5. The highest BCUT2D eigenvalue weighted by Crippen LogP contribution is 2.47. The number of piperidine rings is 1. The normalized spacial score (nSPS) is 18.3. The smallest absolute Gasteiger partial charge is 0.270 e. The predicted molar refractivity (Wildman–Crippen MR) is 111 cm³/mol. The number of carbonyl (C=O) groups is 1. The minimum atomic E-state index is -0.446. The molecule has 1 amide bonds. The second kappa shape index (κ2) is 7.81. The number of aromatic nitrogens is 1. The van der Waals surface area contributed by atoms with Crippen molar-refractivity contribution in [2.45, 2.75) is 38.0 Å². The van der Waals surface area contributed by atoms with Gasteiger partial charge in [-0.15, -0.1) is 0 Å². The molecule has 2 aromatic rings. The molecule has 2 heterocycles. The van der Waals surface area contributed by atoms with Crippen LogP contribution in [0.15, 0.2) is 42.7 Å². The molecule has 0 unspecified atom stereocenters. The van der Waals surface area contributed by atoms with Gasteiger partial charge in [0.2, 0.25) is 0 Å². The first-order chi connectivity index (χ1) is 14.0. The van der Waals surface area contributed by atoms with Gasteiger partial charge in [0.1, 0.15) is 0 Å². The summed E-state index contributed by atoms with van der Waals surface area (Å²) in [5.41, 5.74) is 2.25. The van der Waals surface area contributed by atoms with Gasteiger partial charge in [0.05, 0.1) is 16.2 Å². The Labute approximate surface area is 170 Å². The summed E-state index contributed by atoms with van der Waals surface area (Å²) in [6.45, 7) is 4.48. The lowest BCUT2D eigenvalue weighted by atomic mass is 9.96. The maximum absolute atomic E-state index is 13.1. The molecule has 2 fully saturated rings. The first-order valence-electron chi connectivity index (χ1n) is 10.2. The number of anilines is 1. The van der Waals surface area contributed by atoms with E-state index < -0.39 is 4.92 Å². The van der Waals surface area contributed by atoms with Crippen LogP contribution >= 0.6 is 0 Å². The van der Waals surface area contributed by atoms with E-state index in [-0.39, 0.29) is 17.0 Å². The van der Waals surface area contributed by atoms with E-state index in [0.717, 1.165) is 44.5 Å². The van der Waals surface area contributed by atoms with Crippen molar-refractivity contribution < 1.29 is 9.72 Å². The van der Waals surface area contributed by atoms with Gasteiger partial charge in [0.15, 0.2) is 0 Å². The van der Waals surface area contributed by atoms with Crippen molar-refractivity contribution in [3.05, 3.63) is 64.0 Å². The summed E-state index contributed by atoms with van der Waals surface area (Å²) in [5.74, 6) is 0.416. The molecular weight excluding hydrogens is 368 g/mol. The van der Waals surface area contributed by atoms with Gasteiger partial charge in [-0.3, -0.25) is 19.9 Å². The molecule has 0 radical (unpaired) electrons. The number of non-ortho nitro benzene ring substituents is 1. The van der Waals surface area contributed by atoms with Crippen molar-refractivity contribution >= 4 is 17.3 Å². The Morgan fingerprint density at radius 3 is 2.55 bits per heavy atom. The summed E-state index contributed by atoms with van der Waals surface area (Å²) in [7, 11) is 0. The third kappa shape index (κ3) is 4.09. The summed E-state index contributed by atoms with van der Waals surface area (Å²) in [6.07, 6.45) is 7.69. The lowest BCUT2D eigenvalue weighted by Crippen LogP contribution is -2.36. The molecule has 1 N–H and O–H groups in total. The monoisotopic (exact) mass is 394 g/mol. The van der Waals surface area contributed by atoms with E-state index >= 15 is 0 Å². The number of nitro groups is 1. The van der Waals surface area contributed by atoms with Gasteiger partial charge in [-0.2, -0.15) is 0 Å². The molecule has 0 atom stereocenters. The molecule has 1 aromatic heterocycles. The number of amides is 1. The molecule has 4 rings (SSSR count). The standard InChI is InChI=1S/C22H26N4O3/c1-16-6-12-25(13-7-16)20-3-2-18(26(28)29)14-19(20)21(27)24-15-22(8-9-22)17-4-10-23-11-5-17/h2-5,10-11,14,16H,6-9,12-13,15H2,1H3,(H,24,27). The van der Waals surface area contributed by atoms with Gasteiger partial charge in [-0.1, -0.05) is 6.92 Å². The van der Waals surface area contributed by atoms with Gasteiger partial charge >= 0.3 is 0 Å². The lowest BCUT2D eigenvalue weighted by molar-refractivity contribution is -0.384. The van der Waals surface area contributed by atoms with Crippen molar-refractivity contribution in [1.82, 2.24) is 10.3 Å². The second-order valence-electron chi connectivity index (χ2n) is 8.33. The third-order valence-corrected chi connectivity index (χ3v) is 6.29. The van der Waals surface area contributed by atoms with E-state index in [1.54, 1.807) is 18.5 Å². The molecule has 1 aromatic carbocycles. The molecule has 1 aliphatic heterocycles. The van der Waals surface area contributed by atoms with Gasteiger partial charge in [0.25, 0.3) is 11.6 Å². The fourth-order valence-corrected chi connectivity index (χ4v) is 4.11. The van der Waals surface area contributed by atoms with Crippen LogP contribution in [0.25, 0.3) is 0 Å². The number of nitro benzene ring substituents is 1. The van der Waals surface area contributed by atoms with Gasteiger partial charge in [-0.25, -0.2) is 0 Å². The Balaban J connectivity index is 1.55. The number of nitrogens with one attached hydrogen (secondary N) is 1. The highest BCUT2D eigenvalue weighted by molar-refractivity contribution is 6.00. The Morgan fingerprint density at radius 2 is 1.93 bits per heavy atom. The number of carbonyl (C=O) groups excluding carboxylic acids is 1. The van der Waals surface area contributed by atoms with Crippen LogP contribution in [-0.2, 0) is 5.41 Å². The molecule has 0 bridgehead atoms. The Morgan fingerprint density at radius 1 is 1.24 bits per heavy atom. The summed E-state index contributed by atoms with van der Waals surface area (Å²) in [4.78, 5) is 30.1. The van der Waals surface area contributed by atoms with Crippen LogP contribution in [0.1, 0.15) is 48.5 Å². The molecule has 152 valence electrons. The van der Waals surface area contributed by atoms with E-state index in [1.165, 1.54) is 17.7 Å². The molecule has 7 heteroatoms. The summed E-state index contributed by atoms with van der Waals surface area (Å²) >= 11 is 0. The molecule has 0 spiro atoms. The van der Waals surface area contributed by atoms with Gasteiger partial charge < -0.3 is 10.2 Å². The zero-order chi connectivity index (χ0) is 20.4. The van der Waals surface area contributed by atoms with Crippen LogP contribution in [-0.4, -0.2) is 35.4 Å². The minimum absolute atomic E-state index is 0.0416. The number of nitrogens with zero attached hydrogens (tertiary/aromatic N) is 3. The maximum atomic E-state index is 13.1. The molecule has 7 nitrogen and oxygen atoms in total. The minimum Gasteiger partial charge on any atom is -0.371 e. The Hall–Kier alpha value is -2.96. The summed E-state index contributed by atoms with van der Waals surface area (Å²) in [6, 6.07) is 8.61. The topological polar surface area (TPSA) is 88.4 Å². The van der Waals surface area contributed by atoms with Gasteiger partial charge in [-0.05, 0) is 55.4 Å². The van der Waals surface area contributed by atoms with E-state index in [1.807, 2.05) is 12.1 Å². The molecule has 1 aliphatic carbocycles. The number of rotatable bonds is 6. The van der Waals surface area contributed by atoms with E-state index in [4.69, 9.17) is 0 Å². The highest BCUT2D eigenvalue weighted by Gasteiger charge is 2.44.